The lowest BCUT2D eigenvalue weighted by Gasteiger charge is -2.49. The topological polar surface area (TPSA) is 35.5 Å². The van der Waals surface area contributed by atoms with E-state index in [1.807, 2.05) is 0 Å². The SMILES string of the molecule is C#CC1OCCC1OC(=O)C1CC2(CCCCC2)C1. The van der Waals surface area contributed by atoms with E-state index in [1.54, 1.807) is 0 Å². The molecule has 2 atom stereocenters. The van der Waals surface area contributed by atoms with Crippen LogP contribution in [0.2, 0.25) is 0 Å². The van der Waals surface area contributed by atoms with E-state index in [0.717, 1.165) is 19.3 Å². The number of carbonyl (C=O) groups excluding carboxylic acids is 1. The fraction of sp³-hybridized carbons (Fsp3) is 0.812. The number of ether oxygens (including phenoxy) is 2. The molecule has 0 aromatic carbocycles. The molecule has 3 heteroatoms. The second-order valence-corrected chi connectivity index (χ2v) is 6.39. The summed E-state index contributed by atoms with van der Waals surface area (Å²) in [6.45, 7) is 0.599. The summed E-state index contributed by atoms with van der Waals surface area (Å²) >= 11 is 0. The van der Waals surface area contributed by atoms with Crippen LogP contribution in [0.3, 0.4) is 0 Å². The Hall–Kier alpha value is -1.01. The number of hydrogen-bond acceptors (Lipinski definition) is 3. The molecular formula is C16H22O3. The molecule has 0 amide bonds. The van der Waals surface area contributed by atoms with Gasteiger partial charge in [0.15, 0.2) is 6.10 Å². The van der Waals surface area contributed by atoms with Crippen molar-refractivity contribution in [2.75, 3.05) is 6.61 Å². The number of terminal acetylenes is 1. The molecule has 3 aliphatic rings. The zero-order chi connectivity index (χ0) is 13.3. The first kappa shape index (κ1) is 13.0. The van der Waals surface area contributed by atoms with Crippen LogP contribution in [0.15, 0.2) is 0 Å². The van der Waals surface area contributed by atoms with Crippen molar-refractivity contribution >= 4 is 5.97 Å². The third-order valence-electron chi connectivity index (χ3n) is 5.08. The van der Waals surface area contributed by atoms with Gasteiger partial charge in [-0.05, 0) is 31.1 Å². The molecule has 0 N–H and O–H groups in total. The highest BCUT2D eigenvalue weighted by Crippen LogP contribution is 2.55. The van der Waals surface area contributed by atoms with Crippen molar-refractivity contribution in [1.29, 1.82) is 0 Å². The smallest absolute Gasteiger partial charge is 0.309 e. The van der Waals surface area contributed by atoms with Crippen molar-refractivity contribution in [2.45, 2.75) is 63.6 Å². The molecule has 0 aromatic heterocycles. The molecule has 3 nitrogen and oxygen atoms in total. The van der Waals surface area contributed by atoms with Gasteiger partial charge in [-0.15, -0.1) is 6.42 Å². The summed E-state index contributed by atoms with van der Waals surface area (Å²) in [6.07, 6.45) is 14.2. The molecule has 3 fully saturated rings. The molecule has 2 unspecified atom stereocenters. The van der Waals surface area contributed by atoms with Crippen molar-refractivity contribution in [1.82, 2.24) is 0 Å². The molecule has 0 radical (unpaired) electrons. The second-order valence-electron chi connectivity index (χ2n) is 6.39. The lowest BCUT2D eigenvalue weighted by Crippen LogP contribution is -2.44. The maximum atomic E-state index is 12.1. The molecule has 104 valence electrons. The molecule has 2 saturated carbocycles. The van der Waals surface area contributed by atoms with Gasteiger partial charge in [-0.3, -0.25) is 4.79 Å². The summed E-state index contributed by atoms with van der Waals surface area (Å²) < 4.78 is 10.9. The summed E-state index contributed by atoms with van der Waals surface area (Å²) in [5.74, 6) is 2.61. The van der Waals surface area contributed by atoms with Crippen LogP contribution in [0.25, 0.3) is 0 Å². The monoisotopic (exact) mass is 262 g/mol. The van der Waals surface area contributed by atoms with E-state index < -0.39 is 0 Å². The molecule has 3 rings (SSSR count). The zero-order valence-corrected chi connectivity index (χ0v) is 11.4. The first-order valence-corrected chi connectivity index (χ1v) is 7.51. The Balaban J connectivity index is 1.49. The van der Waals surface area contributed by atoms with Crippen molar-refractivity contribution < 1.29 is 14.3 Å². The van der Waals surface area contributed by atoms with Gasteiger partial charge < -0.3 is 9.47 Å². The van der Waals surface area contributed by atoms with E-state index in [1.165, 1.54) is 32.1 Å². The van der Waals surface area contributed by atoms with E-state index in [2.05, 4.69) is 5.92 Å². The minimum Gasteiger partial charge on any atom is -0.458 e. The predicted octanol–water partition coefficient (Wildman–Crippen LogP) is 2.68. The van der Waals surface area contributed by atoms with Crippen LogP contribution in [0.5, 0.6) is 0 Å². The minimum atomic E-state index is -0.340. The molecule has 19 heavy (non-hydrogen) atoms. The van der Waals surface area contributed by atoms with Gasteiger partial charge in [-0.1, -0.05) is 25.2 Å². The minimum absolute atomic E-state index is 0.0491. The Labute approximate surface area is 115 Å². The second kappa shape index (κ2) is 5.17. The van der Waals surface area contributed by atoms with Crippen molar-refractivity contribution in [3.05, 3.63) is 0 Å². The summed E-state index contributed by atoms with van der Waals surface area (Å²) in [7, 11) is 0. The average Bonchev–Trinajstić information content (AvgIpc) is 2.84. The van der Waals surface area contributed by atoms with E-state index in [0.29, 0.717) is 12.0 Å². The van der Waals surface area contributed by atoms with Gasteiger partial charge in [-0.2, -0.15) is 0 Å². The van der Waals surface area contributed by atoms with Crippen LogP contribution in [-0.2, 0) is 14.3 Å². The Morgan fingerprint density at radius 3 is 2.68 bits per heavy atom. The van der Waals surface area contributed by atoms with E-state index in [9.17, 15) is 4.79 Å². The summed E-state index contributed by atoms with van der Waals surface area (Å²) in [5, 5.41) is 0. The highest BCUT2D eigenvalue weighted by molar-refractivity contribution is 5.74. The fourth-order valence-corrected chi connectivity index (χ4v) is 3.95. The van der Waals surface area contributed by atoms with Crippen molar-refractivity contribution in [3.63, 3.8) is 0 Å². The zero-order valence-electron chi connectivity index (χ0n) is 11.4. The van der Waals surface area contributed by atoms with E-state index >= 15 is 0 Å². The maximum absolute atomic E-state index is 12.1. The Morgan fingerprint density at radius 2 is 2.00 bits per heavy atom. The van der Waals surface area contributed by atoms with Crippen molar-refractivity contribution in [3.8, 4) is 12.3 Å². The molecular weight excluding hydrogens is 240 g/mol. The predicted molar refractivity (Wildman–Crippen MR) is 71.3 cm³/mol. The summed E-state index contributed by atoms with van der Waals surface area (Å²) in [4.78, 5) is 12.1. The Bertz CT molecular complexity index is 381. The van der Waals surface area contributed by atoms with Crippen LogP contribution < -0.4 is 0 Å². The van der Waals surface area contributed by atoms with E-state index in [-0.39, 0.29) is 24.1 Å². The molecule has 0 aromatic rings. The van der Waals surface area contributed by atoms with Gasteiger partial charge in [0.2, 0.25) is 0 Å². The number of rotatable bonds is 2. The quantitative estimate of drug-likeness (QED) is 0.567. The molecule has 1 aliphatic heterocycles. The Morgan fingerprint density at radius 1 is 1.26 bits per heavy atom. The van der Waals surface area contributed by atoms with Gasteiger partial charge in [0.25, 0.3) is 0 Å². The van der Waals surface area contributed by atoms with Gasteiger partial charge >= 0.3 is 5.97 Å². The maximum Gasteiger partial charge on any atom is 0.309 e. The molecule has 1 spiro atoms. The summed E-state index contributed by atoms with van der Waals surface area (Å²) in [6, 6.07) is 0. The highest BCUT2D eigenvalue weighted by atomic mass is 16.6. The number of carbonyl (C=O) groups is 1. The highest BCUT2D eigenvalue weighted by Gasteiger charge is 2.48. The van der Waals surface area contributed by atoms with Crippen molar-refractivity contribution in [2.24, 2.45) is 11.3 Å². The van der Waals surface area contributed by atoms with Crippen LogP contribution >= 0.6 is 0 Å². The largest absolute Gasteiger partial charge is 0.458 e. The standard InChI is InChI=1S/C16H22O3/c1-2-13-14(6-9-18-13)19-15(17)12-10-16(11-12)7-4-3-5-8-16/h1,12-14H,3-11H2. The lowest BCUT2D eigenvalue weighted by molar-refractivity contribution is -0.165. The lowest BCUT2D eigenvalue weighted by atomic mass is 9.56. The van der Waals surface area contributed by atoms with Gasteiger partial charge in [0, 0.05) is 6.42 Å². The number of esters is 1. The van der Waals surface area contributed by atoms with Gasteiger partial charge in [0.05, 0.1) is 12.5 Å². The molecule has 1 saturated heterocycles. The van der Waals surface area contributed by atoms with Gasteiger partial charge in [-0.25, -0.2) is 0 Å². The first-order chi connectivity index (χ1) is 9.22. The normalized spacial score (nSPS) is 33.6. The third kappa shape index (κ3) is 2.51. The molecule has 1 heterocycles. The van der Waals surface area contributed by atoms with Gasteiger partial charge in [0.1, 0.15) is 6.10 Å². The van der Waals surface area contributed by atoms with Crippen LogP contribution in [-0.4, -0.2) is 24.8 Å². The first-order valence-electron chi connectivity index (χ1n) is 7.51. The van der Waals surface area contributed by atoms with Crippen LogP contribution in [0, 0.1) is 23.7 Å². The molecule has 2 aliphatic carbocycles. The summed E-state index contributed by atoms with van der Waals surface area (Å²) in [5.41, 5.74) is 0.472. The van der Waals surface area contributed by atoms with Crippen LogP contribution in [0.1, 0.15) is 51.4 Å². The fourth-order valence-electron chi connectivity index (χ4n) is 3.95. The van der Waals surface area contributed by atoms with Crippen LogP contribution in [0.4, 0.5) is 0 Å². The Kier molecular flexibility index (Phi) is 3.54. The van der Waals surface area contributed by atoms with E-state index in [4.69, 9.17) is 15.9 Å². The third-order valence-corrected chi connectivity index (χ3v) is 5.08. The number of hydrogen-bond donors (Lipinski definition) is 0. The molecule has 0 bridgehead atoms. The average molecular weight is 262 g/mol.